The fraction of sp³-hybridized carbons (Fsp3) is 0.435. The van der Waals surface area contributed by atoms with Crippen LogP contribution in [0.25, 0.3) is 0 Å². The van der Waals surface area contributed by atoms with E-state index in [1.54, 1.807) is 0 Å². The molecule has 2 aliphatic carbocycles. The van der Waals surface area contributed by atoms with E-state index in [1.807, 2.05) is 48.5 Å². The summed E-state index contributed by atoms with van der Waals surface area (Å²) < 4.78 is 0. The molecule has 0 radical (unpaired) electrons. The highest BCUT2D eigenvalue weighted by Gasteiger charge is 2.51. The molecule has 4 nitrogen and oxygen atoms in total. The van der Waals surface area contributed by atoms with E-state index in [9.17, 15) is 4.79 Å². The van der Waals surface area contributed by atoms with Crippen LogP contribution in [0.15, 0.2) is 48.5 Å². The molecule has 4 heteroatoms. The maximum Gasteiger partial charge on any atom is 0.251 e. The number of nitrogen functional groups attached to an aromatic ring is 1. The standard InChI is InChI=1S/C23H29N3O/c1-15-11-18-12-16(2)14-23(18,13-15)26-22(27)17-3-7-20(8-4-17)25-21-9-5-19(24)6-10-21/h3-10,15-16,18,25H,11-14,24H2,1-2H3,(H,26,27). The minimum atomic E-state index is 0.0107. The topological polar surface area (TPSA) is 67.2 Å². The van der Waals surface area contributed by atoms with Crippen LogP contribution in [0.1, 0.15) is 49.9 Å². The predicted octanol–water partition coefficient (Wildman–Crippen LogP) is 4.96. The molecular weight excluding hydrogens is 334 g/mol. The number of nitrogens with one attached hydrogen (secondary N) is 2. The van der Waals surface area contributed by atoms with Crippen LogP contribution >= 0.6 is 0 Å². The summed E-state index contributed by atoms with van der Waals surface area (Å²) in [5.74, 6) is 2.10. The van der Waals surface area contributed by atoms with Gasteiger partial charge in [-0.2, -0.15) is 0 Å². The highest BCUT2D eigenvalue weighted by molar-refractivity contribution is 5.95. The summed E-state index contributed by atoms with van der Waals surface area (Å²) in [5.41, 5.74) is 9.13. The molecule has 2 aromatic rings. The molecule has 4 N–H and O–H groups in total. The monoisotopic (exact) mass is 363 g/mol. The lowest BCUT2D eigenvalue weighted by atomic mass is 9.89. The Morgan fingerprint density at radius 3 is 2.00 bits per heavy atom. The summed E-state index contributed by atoms with van der Waals surface area (Å²) in [4.78, 5) is 12.9. The van der Waals surface area contributed by atoms with Gasteiger partial charge in [0.25, 0.3) is 5.91 Å². The Morgan fingerprint density at radius 1 is 0.926 bits per heavy atom. The minimum Gasteiger partial charge on any atom is -0.399 e. The van der Waals surface area contributed by atoms with Crippen LogP contribution in [0.3, 0.4) is 0 Å². The Kier molecular flexibility index (Phi) is 4.58. The molecule has 2 aliphatic rings. The smallest absolute Gasteiger partial charge is 0.251 e. The lowest BCUT2D eigenvalue weighted by Crippen LogP contribution is -2.48. The molecule has 27 heavy (non-hydrogen) atoms. The Bertz CT molecular complexity index is 799. The van der Waals surface area contributed by atoms with E-state index < -0.39 is 0 Å². The fourth-order valence-corrected chi connectivity index (χ4v) is 5.29. The number of rotatable bonds is 4. The molecule has 0 saturated heterocycles. The molecule has 1 amide bonds. The normalized spacial score (nSPS) is 29.3. The van der Waals surface area contributed by atoms with Crippen LogP contribution < -0.4 is 16.4 Å². The van der Waals surface area contributed by atoms with Gasteiger partial charge in [-0.25, -0.2) is 0 Å². The average Bonchev–Trinajstić information content (AvgIpc) is 3.07. The number of fused-ring (bicyclic) bond motifs is 1. The van der Waals surface area contributed by atoms with Crippen molar-refractivity contribution < 1.29 is 4.79 Å². The lowest BCUT2D eigenvalue weighted by molar-refractivity contribution is 0.0882. The Hall–Kier alpha value is -2.49. The van der Waals surface area contributed by atoms with Gasteiger partial charge in [0.15, 0.2) is 0 Å². The van der Waals surface area contributed by atoms with Gasteiger partial charge in [-0.1, -0.05) is 13.8 Å². The first-order valence-electron chi connectivity index (χ1n) is 9.99. The maximum absolute atomic E-state index is 12.9. The number of anilines is 3. The van der Waals surface area contributed by atoms with Crippen molar-refractivity contribution in [3.63, 3.8) is 0 Å². The van der Waals surface area contributed by atoms with E-state index in [4.69, 9.17) is 5.73 Å². The largest absolute Gasteiger partial charge is 0.399 e. The number of hydrogen-bond donors (Lipinski definition) is 3. The number of nitrogens with two attached hydrogens (primary N) is 1. The van der Waals surface area contributed by atoms with Gasteiger partial charge < -0.3 is 16.4 Å². The average molecular weight is 364 g/mol. The molecule has 2 atom stereocenters. The van der Waals surface area contributed by atoms with Gasteiger partial charge >= 0.3 is 0 Å². The third-order valence-corrected chi connectivity index (χ3v) is 6.29. The summed E-state index contributed by atoms with van der Waals surface area (Å²) in [7, 11) is 0. The second-order valence-corrected chi connectivity index (χ2v) is 8.72. The van der Waals surface area contributed by atoms with Crippen LogP contribution in [0.2, 0.25) is 0 Å². The summed E-state index contributed by atoms with van der Waals surface area (Å²) in [5, 5.41) is 6.76. The number of hydrogen-bond acceptors (Lipinski definition) is 3. The fourth-order valence-electron chi connectivity index (χ4n) is 5.29. The summed E-state index contributed by atoms with van der Waals surface area (Å²) in [6, 6.07) is 15.3. The van der Waals surface area contributed by atoms with Crippen molar-refractivity contribution in [2.24, 2.45) is 17.8 Å². The number of carbonyl (C=O) groups is 1. The molecule has 0 aromatic heterocycles. The van der Waals surface area contributed by atoms with E-state index in [2.05, 4.69) is 24.5 Å². The van der Waals surface area contributed by atoms with E-state index >= 15 is 0 Å². The summed E-state index contributed by atoms with van der Waals surface area (Å²) >= 11 is 0. The third-order valence-electron chi connectivity index (χ3n) is 6.29. The van der Waals surface area contributed by atoms with Gasteiger partial charge in [-0.05, 0) is 92.0 Å². The van der Waals surface area contributed by atoms with E-state index in [0.717, 1.165) is 35.5 Å². The molecule has 2 aromatic carbocycles. The highest BCUT2D eigenvalue weighted by atomic mass is 16.1. The number of amides is 1. The van der Waals surface area contributed by atoms with Crippen LogP contribution in [-0.4, -0.2) is 11.4 Å². The first kappa shape index (κ1) is 17.9. The first-order valence-corrected chi connectivity index (χ1v) is 9.99. The van der Waals surface area contributed by atoms with Crippen molar-refractivity contribution in [3.8, 4) is 0 Å². The van der Waals surface area contributed by atoms with Crippen LogP contribution in [-0.2, 0) is 0 Å². The van der Waals surface area contributed by atoms with Gasteiger partial charge in [-0.3, -0.25) is 4.79 Å². The van der Waals surface area contributed by atoms with Crippen LogP contribution in [0.5, 0.6) is 0 Å². The van der Waals surface area contributed by atoms with Crippen molar-refractivity contribution in [1.29, 1.82) is 0 Å². The van der Waals surface area contributed by atoms with Crippen molar-refractivity contribution >= 4 is 23.0 Å². The first-order chi connectivity index (χ1) is 12.9. The van der Waals surface area contributed by atoms with Crippen molar-refractivity contribution in [3.05, 3.63) is 54.1 Å². The number of benzene rings is 2. The Balaban J connectivity index is 1.44. The van der Waals surface area contributed by atoms with Gasteiger partial charge in [0.05, 0.1) is 0 Å². The number of carbonyl (C=O) groups excluding carboxylic acids is 1. The van der Waals surface area contributed by atoms with Crippen molar-refractivity contribution in [2.75, 3.05) is 11.1 Å². The molecule has 142 valence electrons. The van der Waals surface area contributed by atoms with Gasteiger partial charge in [0, 0.05) is 28.2 Å². The van der Waals surface area contributed by atoms with E-state index in [0.29, 0.717) is 17.8 Å². The zero-order valence-electron chi connectivity index (χ0n) is 16.2. The third kappa shape index (κ3) is 3.66. The van der Waals surface area contributed by atoms with Gasteiger partial charge in [-0.15, -0.1) is 0 Å². The molecule has 2 unspecified atom stereocenters. The molecule has 0 spiro atoms. The minimum absolute atomic E-state index is 0.0107. The molecule has 0 heterocycles. The van der Waals surface area contributed by atoms with Gasteiger partial charge in [0.2, 0.25) is 0 Å². The predicted molar refractivity (Wildman–Crippen MR) is 111 cm³/mol. The quantitative estimate of drug-likeness (QED) is 0.673. The van der Waals surface area contributed by atoms with Crippen LogP contribution in [0, 0.1) is 17.8 Å². The molecule has 0 aliphatic heterocycles. The molecular formula is C23H29N3O. The van der Waals surface area contributed by atoms with E-state index in [1.165, 1.54) is 12.8 Å². The SMILES string of the molecule is CC1CC2CC(C)CC2(NC(=O)c2ccc(Nc3ccc(N)cc3)cc2)C1. The Morgan fingerprint density at radius 2 is 1.44 bits per heavy atom. The highest BCUT2D eigenvalue weighted by Crippen LogP contribution is 2.52. The molecule has 2 fully saturated rings. The maximum atomic E-state index is 12.9. The van der Waals surface area contributed by atoms with E-state index in [-0.39, 0.29) is 11.4 Å². The lowest BCUT2D eigenvalue weighted by Gasteiger charge is -2.31. The zero-order valence-corrected chi connectivity index (χ0v) is 16.2. The molecule has 2 saturated carbocycles. The molecule has 4 rings (SSSR count). The summed E-state index contributed by atoms with van der Waals surface area (Å²) in [6.45, 7) is 4.63. The second-order valence-electron chi connectivity index (χ2n) is 8.72. The van der Waals surface area contributed by atoms with Crippen molar-refractivity contribution in [1.82, 2.24) is 5.32 Å². The van der Waals surface area contributed by atoms with Crippen LogP contribution in [0.4, 0.5) is 17.1 Å². The second kappa shape index (κ2) is 6.91. The van der Waals surface area contributed by atoms with Crippen molar-refractivity contribution in [2.45, 2.75) is 45.1 Å². The van der Waals surface area contributed by atoms with Gasteiger partial charge in [0.1, 0.15) is 0 Å². The zero-order chi connectivity index (χ0) is 19.0. The molecule has 0 bridgehead atoms. The Labute approximate surface area is 161 Å². The summed E-state index contributed by atoms with van der Waals surface area (Å²) in [6.07, 6.45) is 4.72.